The molecule has 0 bridgehead atoms. The van der Waals surface area contributed by atoms with Crippen LogP contribution in [0.15, 0.2) is 6.20 Å². The fourth-order valence-corrected chi connectivity index (χ4v) is 3.06. The van der Waals surface area contributed by atoms with Crippen molar-refractivity contribution in [3.05, 3.63) is 11.9 Å². The molecule has 19 heavy (non-hydrogen) atoms. The Balaban J connectivity index is 1.44. The summed E-state index contributed by atoms with van der Waals surface area (Å²) in [7, 11) is 0. The standard InChI is InChI=1S/C14H24N4O/c1-2-4-13(5-3-1)15-8-14-10-18(17-16-14)9-12-6-7-19-11-12/h10,12-13,15H,1-9,11H2. The molecule has 1 saturated heterocycles. The van der Waals surface area contributed by atoms with Crippen LogP contribution in [0, 0.1) is 5.92 Å². The molecule has 2 heterocycles. The highest BCUT2D eigenvalue weighted by molar-refractivity contribution is 4.92. The lowest BCUT2D eigenvalue weighted by molar-refractivity contribution is 0.181. The molecule has 1 aliphatic carbocycles. The van der Waals surface area contributed by atoms with Crippen molar-refractivity contribution in [2.45, 2.75) is 57.7 Å². The SMILES string of the molecule is c1c(CNC2CCCCC2)nnn1CC1CCOC1. The van der Waals surface area contributed by atoms with Crippen molar-refractivity contribution in [2.75, 3.05) is 13.2 Å². The Labute approximate surface area is 114 Å². The van der Waals surface area contributed by atoms with Crippen molar-refractivity contribution in [2.24, 2.45) is 5.92 Å². The Bertz CT molecular complexity index is 381. The van der Waals surface area contributed by atoms with Gasteiger partial charge in [0.05, 0.1) is 12.3 Å². The van der Waals surface area contributed by atoms with E-state index in [0.717, 1.165) is 38.4 Å². The van der Waals surface area contributed by atoms with Crippen LogP contribution in [-0.4, -0.2) is 34.2 Å². The van der Waals surface area contributed by atoms with Crippen molar-refractivity contribution in [3.8, 4) is 0 Å². The summed E-state index contributed by atoms with van der Waals surface area (Å²) in [4.78, 5) is 0. The summed E-state index contributed by atoms with van der Waals surface area (Å²) in [5.74, 6) is 0.612. The Morgan fingerprint density at radius 3 is 2.95 bits per heavy atom. The molecule has 106 valence electrons. The number of aromatic nitrogens is 3. The second kappa shape index (κ2) is 6.48. The number of hydrogen-bond acceptors (Lipinski definition) is 4. The van der Waals surface area contributed by atoms with E-state index in [-0.39, 0.29) is 0 Å². The number of nitrogens with zero attached hydrogens (tertiary/aromatic N) is 3. The van der Waals surface area contributed by atoms with Gasteiger partial charge in [-0.3, -0.25) is 4.68 Å². The molecule has 1 N–H and O–H groups in total. The molecule has 5 nitrogen and oxygen atoms in total. The second-order valence-electron chi connectivity index (χ2n) is 5.88. The van der Waals surface area contributed by atoms with Gasteiger partial charge in [0.2, 0.25) is 0 Å². The second-order valence-corrected chi connectivity index (χ2v) is 5.88. The van der Waals surface area contributed by atoms with Crippen LogP contribution in [0.1, 0.15) is 44.2 Å². The molecular formula is C14H24N4O. The normalized spacial score (nSPS) is 24.9. The number of hydrogen-bond donors (Lipinski definition) is 1. The Morgan fingerprint density at radius 1 is 1.26 bits per heavy atom. The average Bonchev–Trinajstić information content (AvgIpc) is 3.10. The molecule has 2 aliphatic rings. The van der Waals surface area contributed by atoms with Crippen molar-refractivity contribution >= 4 is 0 Å². The van der Waals surface area contributed by atoms with Crippen LogP contribution in [0.3, 0.4) is 0 Å². The molecule has 1 unspecified atom stereocenters. The van der Waals surface area contributed by atoms with E-state index in [4.69, 9.17) is 4.74 Å². The predicted octanol–water partition coefficient (Wildman–Crippen LogP) is 1.74. The van der Waals surface area contributed by atoms with Gasteiger partial charge in [0.1, 0.15) is 0 Å². The first kappa shape index (κ1) is 13.1. The Hall–Kier alpha value is -0.940. The van der Waals surface area contributed by atoms with Crippen molar-refractivity contribution in [3.63, 3.8) is 0 Å². The van der Waals surface area contributed by atoms with Crippen LogP contribution < -0.4 is 5.32 Å². The van der Waals surface area contributed by atoms with Gasteiger partial charge in [0, 0.05) is 37.9 Å². The van der Waals surface area contributed by atoms with E-state index in [0.29, 0.717) is 12.0 Å². The smallest absolute Gasteiger partial charge is 0.0964 e. The molecule has 1 aromatic rings. The summed E-state index contributed by atoms with van der Waals surface area (Å²) in [6.07, 6.45) is 9.99. The van der Waals surface area contributed by atoms with Crippen LogP contribution in [0.25, 0.3) is 0 Å². The summed E-state index contributed by atoms with van der Waals surface area (Å²) >= 11 is 0. The molecule has 2 fully saturated rings. The molecule has 1 atom stereocenters. The zero-order valence-electron chi connectivity index (χ0n) is 11.6. The lowest BCUT2D eigenvalue weighted by Crippen LogP contribution is -2.30. The summed E-state index contributed by atoms with van der Waals surface area (Å²) in [5.41, 5.74) is 1.06. The van der Waals surface area contributed by atoms with Crippen LogP contribution in [-0.2, 0) is 17.8 Å². The molecule has 0 aromatic carbocycles. The highest BCUT2D eigenvalue weighted by atomic mass is 16.5. The van der Waals surface area contributed by atoms with Crippen molar-refractivity contribution in [1.29, 1.82) is 0 Å². The third kappa shape index (κ3) is 3.76. The highest BCUT2D eigenvalue weighted by Crippen LogP contribution is 2.18. The first-order valence-electron chi connectivity index (χ1n) is 7.60. The van der Waals surface area contributed by atoms with Crippen molar-refractivity contribution < 1.29 is 4.74 Å². The lowest BCUT2D eigenvalue weighted by atomic mass is 9.95. The third-order valence-electron chi connectivity index (χ3n) is 4.23. The molecule has 0 amide bonds. The average molecular weight is 264 g/mol. The zero-order chi connectivity index (χ0) is 12.9. The molecule has 1 aliphatic heterocycles. The van der Waals surface area contributed by atoms with E-state index in [1.165, 1.54) is 32.1 Å². The van der Waals surface area contributed by atoms with E-state index < -0.39 is 0 Å². The topological polar surface area (TPSA) is 52.0 Å². The summed E-state index contributed by atoms with van der Waals surface area (Å²) in [6.45, 7) is 3.56. The van der Waals surface area contributed by atoms with E-state index in [9.17, 15) is 0 Å². The minimum absolute atomic E-state index is 0.612. The van der Waals surface area contributed by atoms with Gasteiger partial charge in [0.25, 0.3) is 0 Å². The van der Waals surface area contributed by atoms with Crippen molar-refractivity contribution in [1.82, 2.24) is 20.3 Å². The number of rotatable bonds is 5. The van der Waals surface area contributed by atoms with E-state index in [1.807, 2.05) is 4.68 Å². The van der Waals surface area contributed by atoms with E-state index in [2.05, 4.69) is 21.8 Å². The molecule has 3 rings (SSSR count). The molecule has 1 aromatic heterocycles. The summed E-state index contributed by atoms with van der Waals surface area (Å²) in [6, 6.07) is 0.683. The molecule has 5 heteroatoms. The van der Waals surface area contributed by atoms with E-state index in [1.54, 1.807) is 0 Å². The largest absolute Gasteiger partial charge is 0.381 e. The van der Waals surface area contributed by atoms with Gasteiger partial charge in [0.15, 0.2) is 0 Å². The van der Waals surface area contributed by atoms with Crippen LogP contribution >= 0.6 is 0 Å². The van der Waals surface area contributed by atoms with Gasteiger partial charge in [-0.25, -0.2) is 0 Å². The third-order valence-corrected chi connectivity index (χ3v) is 4.23. The van der Waals surface area contributed by atoms with Gasteiger partial charge in [-0.05, 0) is 19.3 Å². The quantitative estimate of drug-likeness (QED) is 0.880. The van der Waals surface area contributed by atoms with Crippen LogP contribution in [0.5, 0.6) is 0 Å². The van der Waals surface area contributed by atoms with Gasteiger partial charge >= 0.3 is 0 Å². The Morgan fingerprint density at radius 2 is 2.16 bits per heavy atom. The highest BCUT2D eigenvalue weighted by Gasteiger charge is 2.17. The number of ether oxygens (including phenoxy) is 1. The van der Waals surface area contributed by atoms with Gasteiger partial charge < -0.3 is 10.1 Å². The maximum Gasteiger partial charge on any atom is 0.0964 e. The predicted molar refractivity (Wildman–Crippen MR) is 72.7 cm³/mol. The summed E-state index contributed by atoms with van der Waals surface area (Å²) < 4.78 is 7.36. The van der Waals surface area contributed by atoms with Gasteiger partial charge in [-0.15, -0.1) is 5.10 Å². The molecule has 0 radical (unpaired) electrons. The maximum atomic E-state index is 5.39. The fourth-order valence-electron chi connectivity index (χ4n) is 3.06. The zero-order valence-corrected chi connectivity index (χ0v) is 11.6. The Kier molecular flexibility index (Phi) is 4.45. The summed E-state index contributed by atoms with van der Waals surface area (Å²) in [5, 5.41) is 12.1. The molecule has 0 spiro atoms. The first-order valence-corrected chi connectivity index (χ1v) is 7.60. The fraction of sp³-hybridized carbons (Fsp3) is 0.857. The maximum absolute atomic E-state index is 5.39. The molecule has 1 saturated carbocycles. The van der Waals surface area contributed by atoms with Crippen LogP contribution in [0.4, 0.5) is 0 Å². The minimum Gasteiger partial charge on any atom is -0.381 e. The van der Waals surface area contributed by atoms with Gasteiger partial charge in [-0.1, -0.05) is 24.5 Å². The van der Waals surface area contributed by atoms with Gasteiger partial charge in [-0.2, -0.15) is 0 Å². The van der Waals surface area contributed by atoms with Crippen LogP contribution in [0.2, 0.25) is 0 Å². The molecular weight excluding hydrogens is 240 g/mol. The lowest BCUT2D eigenvalue weighted by Gasteiger charge is -2.22. The minimum atomic E-state index is 0.612. The monoisotopic (exact) mass is 264 g/mol. The first-order chi connectivity index (χ1) is 9.40. The van der Waals surface area contributed by atoms with E-state index >= 15 is 0 Å². The number of nitrogens with one attached hydrogen (secondary N) is 1.